The highest BCUT2D eigenvalue weighted by Gasteiger charge is 2.20. The number of carbonyl (C=O) groups excluding carboxylic acids is 2. The van der Waals surface area contributed by atoms with E-state index < -0.39 is 11.8 Å². The normalized spacial score (nSPS) is 10.7. The lowest BCUT2D eigenvalue weighted by Gasteiger charge is -2.12. The average molecular weight is 391 g/mol. The number of carbonyl (C=O) groups is 2. The Kier molecular flexibility index (Phi) is 5.27. The molecule has 0 unspecified atom stereocenters. The van der Waals surface area contributed by atoms with E-state index in [4.69, 9.17) is 16.3 Å². The van der Waals surface area contributed by atoms with Crippen molar-refractivity contribution in [1.29, 1.82) is 0 Å². The van der Waals surface area contributed by atoms with E-state index in [-0.39, 0.29) is 28.6 Å². The van der Waals surface area contributed by atoms with Gasteiger partial charge in [-0.3, -0.25) is 20.4 Å². The molecule has 3 aromatic rings. The Bertz CT molecular complexity index is 1020. The van der Waals surface area contributed by atoms with Gasteiger partial charge in [-0.1, -0.05) is 23.7 Å². The number of amides is 2. The molecule has 3 N–H and O–H groups in total. The van der Waals surface area contributed by atoms with Crippen LogP contribution >= 0.6 is 11.6 Å². The molecule has 3 rings (SSSR count). The summed E-state index contributed by atoms with van der Waals surface area (Å²) in [4.78, 5) is 31.7. The summed E-state index contributed by atoms with van der Waals surface area (Å²) in [7, 11) is 1.42. The predicted octanol–water partition coefficient (Wildman–Crippen LogP) is 2.68. The minimum atomic E-state index is -0.602. The van der Waals surface area contributed by atoms with Crippen LogP contribution in [0.1, 0.15) is 21.7 Å². The Morgan fingerprint density at radius 2 is 1.96 bits per heavy atom. The number of aromatic nitrogens is 2. The van der Waals surface area contributed by atoms with Gasteiger partial charge in [0.15, 0.2) is 5.75 Å². The van der Waals surface area contributed by atoms with Crippen LogP contribution in [0, 0.1) is 12.7 Å². The zero-order chi connectivity index (χ0) is 19.6. The quantitative estimate of drug-likeness (QED) is 0.597. The van der Waals surface area contributed by atoms with E-state index in [0.29, 0.717) is 22.4 Å². The number of hydrogen-bond acceptors (Lipinski definition) is 4. The molecule has 0 spiro atoms. The molecule has 0 aliphatic carbocycles. The second-order valence-corrected chi connectivity index (χ2v) is 6.20. The summed E-state index contributed by atoms with van der Waals surface area (Å²) in [6.45, 7) is 1.76. The molecule has 0 bridgehead atoms. The molecule has 27 heavy (non-hydrogen) atoms. The number of fused-ring (bicyclic) bond motifs is 1. The maximum absolute atomic E-state index is 12.9. The predicted molar refractivity (Wildman–Crippen MR) is 98.1 cm³/mol. The van der Waals surface area contributed by atoms with Gasteiger partial charge in [0.25, 0.3) is 5.91 Å². The van der Waals surface area contributed by atoms with Gasteiger partial charge in [0.1, 0.15) is 22.7 Å². The Morgan fingerprint density at radius 1 is 1.26 bits per heavy atom. The number of aryl methyl sites for hydroxylation is 1. The fourth-order valence-electron chi connectivity index (χ4n) is 2.63. The molecule has 140 valence electrons. The molecule has 1 aromatic heterocycles. The Balaban J connectivity index is 1.74. The molecule has 7 nitrogen and oxygen atoms in total. The Labute approximate surface area is 158 Å². The second kappa shape index (κ2) is 7.63. The number of nitrogens with one attached hydrogen (secondary N) is 3. The lowest BCUT2D eigenvalue weighted by atomic mass is 10.1. The highest BCUT2D eigenvalue weighted by molar-refractivity contribution is 6.35. The zero-order valence-electron chi connectivity index (χ0n) is 14.5. The maximum Gasteiger partial charge on any atom is 0.273 e. The first-order valence-electron chi connectivity index (χ1n) is 7.95. The number of rotatable bonds is 4. The molecular formula is C18H16ClFN4O3. The van der Waals surface area contributed by atoms with Crippen molar-refractivity contribution in [3.8, 4) is 5.75 Å². The van der Waals surface area contributed by atoms with Gasteiger partial charge in [-0.05, 0) is 30.7 Å². The summed E-state index contributed by atoms with van der Waals surface area (Å²) < 4.78 is 18.2. The lowest BCUT2D eigenvalue weighted by Crippen LogP contribution is -2.42. The summed E-state index contributed by atoms with van der Waals surface area (Å²) in [5, 5.41) is 0.276. The van der Waals surface area contributed by atoms with Crippen molar-refractivity contribution in [2.24, 2.45) is 0 Å². The van der Waals surface area contributed by atoms with E-state index >= 15 is 0 Å². The number of benzene rings is 2. The highest BCUT2D eigenvalue weighted by Crippen LogP contribution is 2.33. The maximum atomic E-state index is 12.9. The molecular weight excluding hydrogens is 375 g/mol. The highest BCUT2D eigenvalue weighted by atomic mass is 35.5. The molecule has 0 atom stereocenters. The summed E-state index contributed by atoms with van der Waals surface area (Å²) >= 11 is 6.20. The van der Waals surface area contributed by atoms with E-state index in [1.807, 2.05) is 0 Å². The van der Waals surface area contributed by atoms with Gasteiger partial charge in [-0.25, -0.2) is 9.37 Å². The minimum absolute atomic E-state index is 0.0166. The summed E-state index contributed by atoms with van der Waals surface area (Å²) in [5.41, 5.74) is 6.36. The smallest absolute Gasteiger partial charge is 0.273 e. The summed E-state index contributed by atoms with van der Waals surface area (Å²) in [6.07, 6.45) is -0.0166. The third-order valence-electron chi connectivity index (χ3n) is 3.83. The van der Waals surface area contributed by atoms with Gasteiger partial charge < -0.3 is 9.72 Å². The molecule has 0 aliphatic heterocycles. The molecule has 2 amide bonds. The topological polar surface area (TPSA) is 96.1 Å². The van der Waals surface area contributed by atoms with E-state index in [0.717, 1.165) is 0 Å². The van der Waals surface area contributed by atoms with Crippen LogP contribution in [0.15, 0.2) is 30.3 Å². The first-order valence-corrected chi connectivity index (χ1v) is 8.33. The van der Waals surface area contributed by atoms with Gasteiger partial charge in [-0.2, -0.15) is 0 Å². The van der Waals surface area contributed by atoms with Crippen LogP contribution in [0.3, 0.4) is 0 Å². The molecule has 0 fully saturated rings. The van der Waals surface area contributed by atoms with Crippen molar-refractivity contribution < 1.29 is 18.7 Å². The van der Waals surface area contributed by atoms with Crippen molar-refractivity contribution in [3.63, 3.8) is 0 Å². The number of imidazole rings is 1. The van der Waals surface area contributed by atoms with Crippen molar-refractivity contribution >= 4 is 34.4 Å². The van der Waals surface area contributed by atoms with Crippen molar-refractivity contribution in [2.75, 3.05) is 7.11 Å². The number of halogens is 2. The number of nitrogens with zero attached hydrogens (tertiary/aromatic N) is 1. The standard InChI is InChI=1S/C18H16ClFN4O3/c1-9-21-15-13(19)8-12(17(27-2)16(15)22-9)18(26)24-23-14(25)7-10-3-5-11(20)6-4-10/h3-6,8H,7H2,1-2H3,(H,21,22)(H,23,25)(H,24,26). The molecule has 9 heteroatoms. The number of hydrazine groups is 1. The average Bonchev–Trinajstić information content (AvgIpc) is 3.03. The molecule has 2 aromatic carbocycles. The molecule has 0 aliphatic rings. The van der Waals surface area contributed by atoms with E-state index in [1.165, 1.54) is 37.4 Å². The molecule has 1 heterocycles. The van der Waals surface area contributed by atoms with Gasteiger partial charge in [-0.15, -0.1) is 0 Å². The van der Waals surface area contributed by atoms with E-state index in [9.17, 15) is 14.0 Å². The molecule has 0 saturated carbocycles. The number of aromatic amines is 1. The molecule has 0 saturated heterocycles. The van der Waals surface area contributed by atoms with Gasteiger partial charge in [0, 0.05) is 0 Å². The largest absolute Gasteiger partial charge is 0.494 e. The van der Waals surface area contributed by atoms with Gasteiger partial charge >= 0.3 is 0 Å². The number of hydrogen-bond donors (Lipinski definition) is 3. The van der Waals surface area contributed by atoms with Crippen LogP contribution in [-0.2, 0) is 11.2 Å². The van der Waals surface area contributed by atoms with Crippen LogP contribution in [0.4, 0.5) is 4.39 Å². The second-order valence-electron chi connectivity index (χ2n) is 5.79. The van der Waals surface area contributed by atoms with Crippen LogP contribution in [-0.4, -0.2) is 28.9 Å². The van der Waals surface area contributed by atoms with Crippen molar-refractivity contribution in [3.05, 3.63) is 58.1 Å². The number of H-pyrrole nitrogens is 1. The fraction of sp³-hybridized carbons (Fsp3) is 0.167. The van der Waals surface area contributed by atoms with E-state index in [1.54, 1.807) is 6.92 Å². The van der Waals surface area contributed by atoms with Crippen LogP contribution < -0.4 is 15.6 Å². The monoisotopic (exact) mass is 390 g/mol. The fourth-order valence-corrected chi connectivity index (χ4v) is 2.88. The van der Waals surface area contributed by atoms with Crippen molar-refractivity contribution in [1.82, 2.24) is 20.8 Å². The molecule has 0 radical (unpaired) electrons. The van der Waals surface area contributed by atoms with Crippen LogP contribution in [0.2, 0.25) is 5.02 Å². The third kappa shape index (κ3) is 4.01. The first kappa shape index (κ1) is 18.7. The SMILES string of the molecule is COc1c(C(=O)NNC(=O)Cc2ccc(F)cc2)cc(Cl)c2nc(C)[nH]c12. The van der Waals surface area contributed by atoms with Crippen LogP contribution in [0.5, 0.6) is 5.75 Å². The van der Waals surface area contributed by atoms with Crippen LogP contribution in [0.25, 0.3) is 11.0 Å². The summed E-state index contributed by atoms with van der Waals surface area (Å²) in [6, 6.07) is 6.93. The lowest BCUT2D eigenvalue weighted by molar-refractivity contribution is -0.121. The Morgan fingerprint density at radius 3 is 2.63 bits per heavy atom. The third-order valence-corrected chi connectivity index (χ3v) is 4.12. The van der Waals surface area contributed by atoms with Gasteiger partial charge in [0.2, 0.25) is 5.91 Å². The minimum Gasteiger partial charge on any atom is -0.494 e. The van der Waals surface area contributed by atoms with Gasteiger partial charge in [0.05, 0.1) is 24.1 Å². The first-order chi connectivity index (χ1) is 12.9. The van der Waals surface area contributed by atoms with E-state index in [2.05, 4.69) is 20.8 Å². The zero-order valence-corrected chi connectivity index (χ0v) is 15.3. The number of ether oxygens (including phenoxy) is 1. The Hall–Kier alpha value is -3.13. The number of methoxy groups -OCH3 is 1. The van der Waals surface area contributed by atoms with Crippen molar-refractivity contribution in [2.45, 2.75) is 13.3 Å². The summed E-state index contributed by atoms with van der Waals surface area (Å²) in [5.74, 6) is -0.564.